The Bertz CT molecular complexity index is 997. The van der Waals surface area contributed by atoms with E-state index in [0.29, 0.717) is 11.1 Å². The van der Waals surface area contributed by atoms with E-state index >= 15 is 0 Å². The van der Waals surface area contributed by atoms with Crippen molar-refractivity contribution in [2.45, 2.75) is 52.7 Å². The zero-order valence-corrected chi connectivity index (χ0v) is 17.3. The molecule has 0 aliphatic rings. The first-order chi connectivity index (χ1) is 12.7. The van der Waals surface area contributed by atoms with Crippen LogP contribution in [0, 0.1) is 13.8 Å². The van der Waals surface area contributed by atoms with Gasteiger partial charge in [-0.2, -0.15) is 0 Å². The predicted octanol–water partition coefficient (Wildman–Crippen LogP) is 3.81. The summed E-state index contributed by atoms with van der Waals surface area (Å²) < 4.78 is 7.14. The summed E-state index contributed by atoms with van der Waals surface area (Å²) in [6, 6.07) is 7.88. The first-order valence-corrected chi connectivity index (χ1v) is 9.85. The molecule has 27 heavy (non-hydrogen) atoms. The highest BCUT2D eigenvalue weighted by atomic mass is 32.1. The van der Waals surface area contributed by atoms with E-state index in [1.807, 2.05) is 38.1 Å². The van der Waals surface area contributed by atoms with Gasteiger partial charge in [0.1, 0.15) is 23.3 Å². The lowest BCUT2D eigenvalue weighted by molar-refractivity contribution is 0.0914. The summed E-state index contributed by atoms with van der Waals surface area (Å²) in [5, 5.41) is 11.0. The van der Waals surface area contributed by atoms with Crippen molar-refractivity contribution < 1.29 is 9.84 Å². The summed E-state index contributed by atoms with van der Waals surface area (Å²) >= 11 is 1.52. The van der Waals surface area contributed by atoms with E-state index in [0.717, 1.165) is 15.3 Å². The highest BCUT2D eigenvalue weighted by molar-refractivity contribution is 7.18. The third-order valence-corrected chi connectivity index (χ3v) is 5.84. The second-order valence-electron chi connectivity index (χ2n) is 7.90. The zero-order valence-electron chi connectivity index (χ0n) is 16.4. The number of aryl methyl sites for hydroxylation is 2. The Balaban J connectivity index is 1.67. The summed E-state index contributed by atoms with van der Waals surface area (Å²) in [6.07, 6.45) is 0.700. The molecule has 1 atom stereocenters. The molecule has 144 valence electrons. The van der Waals surface area contributed by atoms with Gasteiger partial charge in [0.25, 0.3) is 5.56 Å². The van der Waals surface area contributed by atoms with Gasteiger partial charge in [0.05, 0.1) is 18.3 Å². The number of aliphatic hydroxyl groups is 1. The molecule has 0 saturated carbocycles. The van der Waals surface area contributed by atoms with Crippen molar-refractivity contribution in [2.24, 2.45) is 0 Å². The van der Waals surface area contributed by atoms with Gasteiger partial charge >= 0.3 is 0 Å². The second-order valence-corrected chi connectivity index (χ2v) is 9.11. The summed E-state index contributed by atoms with van der Waals surface area (Å²) in [5.41, 5.74) is 2.16. The molecular weight excluding hydrogens is 360 g/mol. The maximum Gasteiger partial charge on any atom is 0.262 e. The Labute approximate surface area is 163 Å². The number of ether oxygens (including phenoxy) is 1. The minimum atomic E-state index is -0.802. The summed E-state index contributed by atoms with van der Waals surface area (Å²) in [4.78, 5) is 18.9. The number of thiophene rings is 1. The van der Waals surface area contributed by atoms with Crippen LogP contribution in [-0.2, 0) is 12.0 Å². The van der Waals surface area contributed by atoms with Crippen molar-refractivity contribution in [1.82, 2.24) is 9.55 Å². The molecule has 3 aromatic rings. The van der Waals surface area contributed by atoms with E-state index < -0.39 is 6.10 Å². The van der Waals surface area contributed by atoms with Crippen LogP contribution in [0.25, 0.3) is 10.2 Å². The Kier molecular flexibility index (Phi) is 5.40. The molecule has 0 aliphatic carbocycles. The van der Waals surface area contributed by atoms with Crippen LogP contribution >= 0.6 is 11.3 Å². The predicted molar refractivity (Wildman–Crippen MR) is 110 cm³/mol. The molecule has 2 heterocycles. The maximum atomic E-state index is 12.7. The average Bonchev–Trinajstić information content (AvgIpc) is 2.90. The smallest absolute Gasteiger partial charge is 0.262 e. The fourth-order valence-electron chi connectivity index (χ4n) is 2.92. The molecule has 6 heteroatoms. The number of fused-ring (bicyclic) bond motifs is 1. The zero-order chi connectivity index (χ0) is 19.8. The molecule has 2 aromatic heterocycles. The number of hydrogen-bond acceptors (Lipinski definition) is 5. The van der Waals surface area contributed by atoms with Crippen LogP contribution in [0.3, 0.4) is 0 Å². The van der Waals surface area contributed by atoms with Crippen LogP contribution in [0.1, 0.15) is 36.8 Å². The third-order valence-electron chi connectivity index (χ3n) is 4.73. The van der Waals surface area contributed by atoms with Gasteiger partial charge in [0.2, 0.25) is 0 Å². The van der Waals surface area contributed by atoms with E-state index in [-0.39, 0.29) is 24.1 Å². The van der Waals surface area contributed by atoms with Crippen LogP contribution in [0.2, 0.25) is 0 Å². The van der Waals surface area contributed by atoms with Gasteiger partial charge in [-0.15, -0.1) is 11.3 Å². The standard InChI is InChI=1S/C21H26N2O3S/c1-13-14(2)27-19-18(13)20(25)23(12-22-19)10-16(24)11-26-17-8-6-15(7-9-17)21(3,4)5/h6-9,12,16,24H,10-11H2,1-5H3/t16-/m1/s1. The summed E-state index contributed by atoms with van der Waals surface area (Å²) in [6.45, 7) is 10.7. The lowest BCUT2D eigenvalue weighted by atomic mass is 9.87. The molecule has 3 rings (SSSR count). The topological polar surface area (TPSA) is 64.3 Å². The van der Waals surface area contributed by atoms with E-state index in [2.05, 4.69) is 25.8 Å². The van der Waals surface area contributed by atoms with Crippen molar-refractivity contribution in [3.63, 3.8) is 0 Å². The van der Waals surface area contributed by atoms with E-state index in [1.165, 1.54) is 27.8 Å². The van der Waals surface area contributed by atoms with Gasteiger partial charge in [0, 0.05) is 4.88 Å². The van der Waals surface area contributed by atoms with E-state index in [1.54, 1.807) is 0 Å². The molecular formula is C21H26N2O3S. The van der Waals surface area contributed by atoms with Gasteiger partial charge in [-0.1, -0.05) is 32.9 Å². The van der Waals surface area contributed by atoms with Crippen LogP contribution in [0.4, 0.5) is 0 Å². The number of benzene rings is 1. The van der Waals surface area contributed by atoms with Crippen molar-refractivity contribution >= 4 is 21.6 Å². The minimum absolute atomic E-state index is 0.0863. The normalized spacial score (nSPS) is 13.1. The molecule has 0 unspecified atom stereocenters. The first-order valence-electron chi connectivity index (χ1n) is 9.03. The Hall–Kier alpha value is -2.18. The highest BCUT2D eigenvalue weighted by Crippen LogP contribution is 2.26. The quantitative estimate of drug-likeness (QED) is 0.724. The fraction of sp³-hybridized carbons (Fsp3) is 0.429. The van der Waals surface area contributed by atoms with Crippen LogP contribution in [-0.4, -0.2) is 27.4 Å². The first kappa shape index (κ1) is 19.6. The molecule has 0 bridgehead atoms. The summed E-state index contributed by atoms with van der Waals surface area (Å²) in [7, 11) is 0. The lowest BCUT2D eigenvalue weighted by Gasteiger charge is -2.19. The number of nitrogens with zero attached hydrogens (tertiary/aromatic N) is 2. The SMILES string of the molecule is Cc1sc2ncn(C[C@@H](O)COc3ccc(C(C)(C)C)cc3)c(=O)c2c1C. The third kappa shape index (κ3) is 4.22. The molecule has 0 aliphatic heterocycles. The number of rotatable bonds is 5. The van der Waals surface area contributed by atoms with Crippen molar-refractivity contribution in [1.29, 1.82) is 0 Å². The Morgan fingerprint density at radius 1 is 1.22 bits per heavy atom. The Morgan fingerprint density at radius 3 is 2.52 bits per heavy atom. The van der Waals surface area contributed by atoms with Gasteiger partial charge < -0.3 is 9.84 Å². The Morgan fingerprint density at radius 2 is 1.89 bits per heavy atom. The van der Waals surface area contributed by atoms with Crippen LogP contribution < -0.4 is 10.3 Å². The highest BCUT2D eigenvalue weighted by Gasteiger charge is 2.15. The monoisotopic (exact) mass is 386 g/mol. The average molecular weight is 387 g/mol. The molecule has 0 radical (unpaired) electrons. The van der Waals surface area contributed by atoms with Gasteiger partial charge in [-0.3, -0.25) is 9.36 Å². The van der Waals surface area contributed by atoms with E-state index in [9.17, 15) is 9.90 Å². The molecule has 0 fully saturated rings. The van der Waals surface area contributed by atoms with Crippen molar-refractivity contribution in [3.05, 3.63) is 57.0 Å². The lowest BCUT2D eigenvalue weighted by Crippen LogP contribution is -2.30. The van der Waals surface area contributed by atoms with Crippen molar-refractivity contribution in [3.8, 4) is 5.75 Å². The van der Waals surface area contributed by atoms with Gasteiger partial charge in [-0.25, -0.2) is 4.98 Å². The second kappa shape index (κ2) is 7.44. The van der Waals surface area contributed by atoms with Crippen molar-refractivity contribution in [2.75, 3.05) is 6.61 Å². The molecule has 1 N–H and O–H groups in total. The molecule has 0 amide bonds. The van der Waals surface area contributed by atoms with Crippen LogP contribution in [0.15, 0.2) is 35.4 Å². The van der Waals surface area contributed by atoms with Gasteiger partial charge in [-0.05, 0) is 42.5 Å². The molecule has 1 aromatic carbocycles. The minimum Gasteiger partial charge on any atom is -0.491 e. The number of aliphatic hydroxyl groups excluding tert-OH is 1. The molecule has 5 nitrogen and oxygen atoms in total. The molecule has 0 saturated heterocycles. The summed E-state index contributed by atoms with van der Waals surface area (Å²) in [5.74, 6) is 0.701. The van der Waals surface area contributed by atoms with E-state index in [4.69, 9.17) is 4.74 Å². The molecule has 0 spiro atoms. The largest absolute Gasteiger partial charge is 0.491 e. The fourth-order valence-corrected chi connectivity index (χ4v) is 3.91. The van der Waals surface area contributed by atoms with Gasteiger partial charge in [0.15, 0.2) is 0 Å². The maximum absolute atomic E-state index is 12.7. The number of aromatic nitrogens is 2. The van der Waals surface area contributed by atoms with Crippen LogP contribution in [0.5, 0.6) is 5.75 Å². The number of hydrogen-bond donors (Lipinski definition) is 1.